The SMILES string of the molecule is CNC(c1cccc(C)c1)c1cc2c(s1)CCCCC2. The van der Waals surface area contributed by atoms with E-state index in [0.717, 1.165) is 0 Å². The van der Waals surface area contributed by atoms with Crippen LogP contribution in [0.3, 0.4) is 0 Å². The predicted molar refractivity (Wildman–Crippen MR) is 87.7 cm³/mol. The molecule has 1 N–H and O–H groups in total. The molecular formula is C18H23NS. The Morgan fingerprint density at radius 1 is 1.10 bits per heavy atom. The highest BCUT2D eigenvalue weighted by Crippen LogP contribution is 2.34. The Morgan fingerprint density at radius 2 is 1.95 bits per heavy atom. The van der Waals surface area contributed by atoms with Crippen molar-refractivity contribution in [3.8, 4) is 0 Å². The molecule has 1 nitrogen and oxygen atoms in total. The fraction of sp³-hybridized carbons (Fsp3) is 0.444. The van der Waals surface area contributed by atoms with Crippen LogP contribution in [-0.2, 0) is 12.8 Å². The third kappa shape index (κ3) is 2.82. The molecule has 0 aliphatic heterocycles. The molecule has 0 fully saturated rings. The van der Waals surface area contributed by atoms with Crippen molar-refractivity contribution in [3.05, 3.63) is 56.8 Å². The van der Waals surface area contributed by atoms with Crippen LogP contribution in [0, 0.1) is 6.92 Å². The first-order valence-corrected chi connectivity index (χ1v) is 8.45. The summed E-state index contributed by atoms with van der Waals surface area (Å²) in [5, 5.41) is 3.50. The highest BCUT2D eigenvalue weighted by Gasteiger charge is 2.18. The van der Waals surface area contributed by atoms with Crippen molar-refractivity contribution >= 4 is 11.3 Å². The van der Waals surface area contributed by atoms with Gasteiger partial charge in [-0.2, -0.15) is 0 Å². The molecule has 1 aromatic heterocycles. The van der Waals surface area contributed by atoms with Gasteiger partial charge in [-0.15, -0.1) is 11.3 Å². The molecular weight excluding hydrogens is 262 g/mol. The molecule has 0 bridgehead atoms. The topological polar surface area (TPSA) is 12.0 Å². The van der Waals surface area contributed by atoms with E-state index in [1.54, 1.807) is 10.4 Å². The Bertz CT molecular complexity index is 561. The van der Waals surface area contributed by atoms with Crippen LogP contribution in [0.2, 0.25) is 0 Å². The van der Waals surface area contributed by atoms with Crippen LogP contribution in [0.4, 0.5) is 0 Å². The van der Waals surface area contributed by atoms with E-state index in [9.17, 15) is 0 Å². The minimum Gasteiger partial charge on any atom is -0.309 e. The third-order valence-electron chi connectivity index (χ3n) is 4.21. The molecule has 0 saturated carbocycles. The van der Waals surface area contributed by atoms with Crippen molar-refractivity contribution in [2.45, 2.75) is 45.1 Å². The molecule has 1 atom stereocenters. The zero-order chi connectivity index (χ0) is 13.9. The molecule has 3 rings (SSSR count). The smallest absolute Gasteiger partial charge is 0.0668 e. The van der Waals surface area contributed by atoms with Gasteiger partial charge in [0.1, 0.15) is 0 Å². The monoisotopic (exact) mass is 285 g/mol. The van der Waals surface area contributed by atoms with Crippen molar-refractivity contribution < 1.29 is 0 Å². The first-order valence-electron chi connectivity index (χ1n) is 7.63. The Balaban J connectivity index is 1.93. The van der Waals surface area contributed by atoms with Crippen molar-refractivity contribution in [2.24, 2.45) is 0 Å². The standard InChI is InChI=1S/C18H23NS/c1-13-7-6-9-15(11-13)18(19-2)17-12-14-8-4-3-5-10-16(14)20-17/h6-7,9,11-12,18-19H,3-5,8,10H2,1-2H3. The first kappa shape index (κ1) is 13.8. The lowest BCUT2D eigenvalue weighted by molar-refractivity contribution is 0.698. The zero-order valence-corrected chi connectivity index (χ0v) is 13.2. The number of hydrogen-bond acceptors (Lipinski definition) is 2. The second kappa shape index (κ2) is 6.11. The average molecular weight is 285 g/mol. The van der Waals surface area contributed by atoms with E-state index in [-0.39, 0.29) is 0 Å². The number of fused-ring (bicyclic) bond motifs is 1. The molecule has 1 aromatic carbocycles. The fourth-order valence-corrected chi connectivity index (χ4v) is 4.55. The Kier molecular flexibility index (Phi) is 4.23. The highest BCUT2D eigenvalue weighted by atomic mass is 32.1. The van der Waals surface area contributed by atoms with Crippen LogP contribution < -0.4 is 5.32 Å². The van der Waals surface area contributed by atoms with E-state index in [1.807, 2.05) is 11.3 Å². The van der Waals surface area contributed by atoms with Gasteiger partial charge >= 0.3 is 0 Å². The summed E-state index contributed by atoms with van der Waals surface area (Å²) in [5.41, 5.74) is 4.32. The van der Waals surface area contributed by atoms with E-state index >= 15 is 0 Å². The quantitative estimate of drug-likeness (QED) is 0.810. The summed E-state index contributed by atoms with van der Waals surface area (Å²) in [7, 11) is 2.07. The third-order valence-corrected chi connectivity index (χ3v) is 5.52. The molecule has 2 heteroatoms. The van der Waals surface area contributed by atoms with Crippen LogP contribution in [0.15, 0.2) is 30.3 Å². The van der Waals surface area contributed by atoms with Crippen LogP contribution in [-0.4, -0.2) is 7.05 Å². The first-order chi connectivity index (χ1) is 9.78. The lowest BCUT2D eigenvalue weighted by atomic mass is 10.0. The number of aryl methyl sites for hydroxylation is 3. The molecule has 1 aliphatic rings. The van der Waals surface area contributed by atoms with Gasteiger partial charge in [0.05, 0.1) is 6.04 Å². The van der Waals surface area contributed by atoms with Gasteiger partial charge in [0.25, 0.3) is 0 Å². The minimum atomic E-state index is 0.340. The molecule has 1 heterocycles. The largest absolute Gasteiger partial charge is 0.309 e. The second-order valence-electron chi connectivity index (χ2n) is 5.79. The van der Waals surface area contributed by atoms with E-state index in [1.165, 1.54) is 48.1 Å². The maximum absolute atomic E-state index is 3.50. The van der Waals surface area contributed by atoms with Crippen molar-refractivity contribution in [1.82, 2.24) is 5.32 Å². The summed E-state index contributed by atoms with van der Waals surface area (Å²) in [6, 6.07) is 11.7. The molecule has 0 amide bonds. The molecule has 106 valence electrons. The maximum atomic E-state index is 3.50. The van der Waals surface area contributed by atoms with E-state index in [2.05, 4.69) is 49.6 Å². The zero-order valence-electron chi connectivity index (χ0n) is 12.4. The van der Waals surface area contributed by atoms with Crippen molar-refractivity contribution in [2.75, 3.05) is 7.05 Å². The molecule has 1 unspecified atom stereocenters. The minimum absolute atomic E-state index is 0.340. The fourth-order valence-electron chi connectivity index (χ4n) is 3.16. The molecule has 0 spiro atoms. The normalized spacial score (nSPS) is 16.5. The van der Waals surface area contributed by atoms with Gasteiger partial charge in [-0.25, -0.2) is 0 Å². The van der Waals surface area contributed by atoms with Crippen molar-refractivity contribution in [1.29, 1.82) is 0 Å². The van der Waals surface area contributed by atoms with Crippen LogP contribution in [0.1, 0.15) is 51.7 Å². The average Bonchev–Trinajstić information content (AvgIpc) is 2.70. The Hall–Kier alpha value is -1.12. The van der Waals surface area contributed by atoms with Gasteiger partial charge in [-0.1, -0.05) is 36.2 Å². The molecule has 2 aromatic rings. The lowest BCUT2D eigenvalue weighted by Gasteiger charge is -2.15. The summed E-state index contributed by atoms with van der Waals surface area (Å²) in [6.07, 6.45) is 6.67. The van der Waals surface area contributed by atoms with Gasteiger partial charge in [-0.05, 0) is 56.8 Å². The van der Waals surface area contributed by atoms with E-state index in [4.69, 9.17) is 0 Å². The van der Waals surface area contributed by atoms with Crippen LogP contribution >= 0.6 is 11.3 Å². The number of benzene rings is 1. The van der Waals surface area contributed by atoms with Gasteiger partial charge in [0.15, 0.2) is 0 Å². The van der Waals surface area contributed by atoms with E-state index < -0.39 is 0 Å². The van der Waals surface area contributed by atoms with Crippen LogP contribution in [0.25, 0.3) is 0 Å². The molecule has 20 heavy (non-hydrogen) atoms. The second-order valence-corrected chi connectivity index (χ2v) is 6.96. The molecule has 0 saturated heterocycles. The molecule has 0 radical (unpaired) electrons. The highest BCUT2D eigenvalue weighted by molar-refractivity contribution is 7.12. The van der Waals surface area contributed by atoms with E-state index in [0.29, 0.717) is 6.04 Å². The summed E-state index contributed by atoms with van der Waals surface area (Å²) >= 11 is 2.02. The summed E-state index contributed by atoms with van der Waals surface area (Å²) in [6.45, 7) is 2.17. The van der Waals surface area contributed by atoms with Gasteiger partial charge in [-0.3, -0.25) is 0 Å². The Morgan fingerprint density at radius 3 is 2.75 bits per heavy atom. The molecule has 1 aliphatic carbocycles. The number of hydrogen-bond donors (Lipinski definition) is 1. The van der Waals surface area contributed by atoms with Gasteiger partial charge < -0.3 is 5.32 Å². The maximum Gasteiger partial charge on any atom is 0.0668 e. The predicted octanol–water partition coefficient (Wildman–Crippen LogP) is 4.63. The number of nitrogens with one attached hydrogen (secondary N) is 1. The number of rotatable bonds is 3. The van der Waals surface area contributed by atoms with Crippen molar-refractivity contribution in [3.63, 3.8) is 0 Å². The lowest BCUT2D eigenvalue weighted by Crippen LogP contribution is -2.16. The van der Waals surface area contributed by atoms with Gasteiger partial charge in [0.2, 0.25) is 0 Å². The summed E-state index contributed by atoms with van der Waals surface area (Å²) in [4.78, 5) is 3.11. The van der Waals surface area contributed by atoms with Gasteiger partial charge in [0, 0.05) is 9.75 Å². The Labute approximate surface area is 126 Å². The van der Waals surface area contributed by atoms with Crippen LogP contribution in [0.5, 0.6) is 0 Å². The summed E-state index contributed by atoms with van der Waals surface area (Å²) in [5.74, 6) is 0. The number of thiophene rings is 1. The summed E-state index contributed by atoms with van der Waals surface area (Å²) < 4.78 is 0.